The van der Waals surface area contributed by atoms with Gasteiger partial charge >= 0.3 is 0 Å². The fraction of sp³-hybridized carbons (Fsp3) is 0.778. The molecule has 10 heteroatoms. The number of guanidine groups is 1. The normalized spacial score (nSPS) is 13.5. The quantitative estimate of drug-likeness (QED) is 0.127. The van der Waals surface area contributed by atoms with Crippen molar-refractivity contribution in [3.63, 3.8) is 0 Å². The third-order valence-electron chi connectivity index (χ3n) is 4.59. The van der Waals surface area contributed by atoms with Gasteiger partial charge in [-0.1, -0.05) is 6.92 Å². The van der Waals surface area contributed by atoms with Crippen molar-refractivity contribution in [2.75, 3.05) is 26.2 Å². The summed E-state index contributed by atoms with van der Waals surface area (Å²) in [5.74, 6) is -0.498. The molecule has 0 rings (SSSR count). The molecule has 0 heterocycles. The maximum absolute atomic E-state index is 12.2. The van der Waals surface area contributed by atoms with Crippen molar-refractivity contribution >= 4 is 31.3 Å². The zero-order valence-corrected chi connectivity index (χ0v) is 17.5. The summed E-state index contributed by atoms with van der Waals surface area (Å²) in [5, 5.41) is 3.32. The topological polar surface area (TPSA) is 157 Å². The zero-order valence-electron chi connectivity index (χ0n) is 17.5. The molecule has 9 nitrogen and oxygen atoms in total. The number of amides is 1. The number of aliphatic imine (C=N–C) groups is 1. The molecule has 0 fully saturated rings. The van der Waals surface area contributed by atoms with Crippen LogP contribution in [0, 0.1) is 5.92 Å². The average Bonchev–Trinajstić information content (AvgIpc) is 2.61. The lowest BCUT2D eigenvalue weighted by molar-refractivity contribution is -0.133. The summed E-state index contributed by atoms with van der Waals surface area (Å²) in [6, 6.07) is -0.250. The number of Topliss-reactive ketones (excluding diaryl/α,β-unsaturated/α-hetero) is 2. The first-order chi connectivity index (χ1) is 12.9. The minimum atomic E-state index is -0.874. The van der Waals surface area contributed by atoms with Crippen LogP contribution in [-0.4, -0.2) is 73.9 Å². The van der Waals surface area contributed by atoms with Crippen LogP contribution in [0.4, 0.5) is 0 Å². The van der Waals surface area contributed by atoms with Crippen molar-refractivity contribution in [2.24, 2.45) is 28.1 Å². The first-order valence-corrected chi connectivity index (χ1v) is 9.48. The second-order valence-electron chi connectivity index (χ2n) is 7.61. The van der Waals surface area contributed by atoms with E-state index in [0.717, 1.165) is 12.8 Å². The van der Waals surface area contributed by atoms with Crippen LogP contribution in [0.15, 0.2) is 4.99 Å². The molecular formula is C18H35BN6O3. The minimum Gasteiger partial charge on any atom is -0.370 e. The summed E-state index contributed by atoms with van der Waals surface area (Å²) in [6.07, 6.45) is 1.30. The molecule has 0 aromatic carbocycles. The SMILES string of the molecule is [B]CC(=O)N(CC(C)=O)C[C@@H](NC(C)(C)C(=O)CN)[C@@H](C)CCCN=C(N)N. The van der Waals surface area contributed by atoms with E-state index in [9.17, 15) is 14.4 Å². The van der Waals surface area contributed by atoms with Crippen LogP contribution in [0.2, 0.25) is 6.32 Å². The predicted octanol–water partition coefficient (Wildman–Crippen LogP) is -1.05. The van der Waals surface area contributed by atoms with Crippen molar-refractivity contribution in [3.05, 3.63) is 0 Å². The Morgan fingerprint density at radius 3 is 2.32 bits per heavy atom. The van der Waals surface area contributed by atoms with Crippen molar-refractivity contribution < 1.29 is 14.4 Å². The largest absolute Gasteiger partial charge is 0.370 e. The highest BCUT2D eigenvalue weighted by atomic mass is 16.2. The van der Waals surface area contributed by atoms with Gasteiger partial charge in [-0.05, 0) is 45.9 Å². The first kappa shape index (κ1) is 26.1. The zero-order chi connectivity index (χ0) is 21.9. The number of carbonyl (C=O) groups is 3. The second-order valence-corrected chi connectivity index (χ2v) is 7.61. The van der Waals surface area contributed by atoms with Crippen LogP contribution in [-0.2, 0) is 14.4 Å². The van der Waals surface area contributed by atoms with Crippen LogP contribution in [0.5, 0.6) is 0 Å². The van der Waals surface area contributed by atoms with Crippen LogP contribution in [0.25, 0.3) is 0 Å². The van der Waals surface area contributed by atoms with E-state index in [1.54, 1.807) is 13.8 Å². The molecule has 0 aromatic heterocycles. The Balaban J connectivity index is 5.38. The lowest BCUT2D eigenvalue weighted by Gasteiger charge is -2.37. The Kier molecular flexibility index (Phi) is 11.6. The molecule has 0 unspecified atom stereocenters. The monoisotopic (exact) mass is 394 g/mol. The van der Waals surface area contributed by atoms with Crippen molar-refractivity contribution in [1.29, 1.82) is 0 Å². The smallest absolute Gasteiger partial charge is 0.214 e. The molecule has 0 aliphatic heterocycles. The lowest BCUT2D eigenvalue weighted by atomic mass is 9.90. The fourth-order valence-electron chi connectivity index (χ4n) is 2.88. The van der Waals surface area contributed by atoms with Crippen molar-refractivity contribution in [3.8, 4) is 0 Å². The molecule has 0 aliphatic rings. The molecule has 158 valence electrons. The van der Waals surface area contributed by atoms with E-state index in [1.165, 1.54) is 11.8 Å². The average molecular weight is 394 g/mol. The lowest BCUT2D eigenvalue weighted by Crippen LogP contribution is -2.58. The molecule has 1 amide bonds. The van der Waals surface area contributed by atoms with Gasteiger partial charge in [0.1, 0.15) is 5.78 Å². The van der Waals surface area contributed by atoms with Gasteiger partial charge in [-0.15, -0.1) is 0 Å². The summed E-state index contributed by atoms with van der Waals surface area (Å²) in [7, 11) is 5.49. The van der Waals surface area contributed by atoms with E-state index in [0.29, 0.717) is 6.54 Å². The second kappa shape index (κ2) is 12.5. The Labute approximate surface area is 169 Å². The molecule has 0 aromatic rings. The van der Waals surface area contributed by atoms with Gasteiger partial charge in [0.15, 0.2) is 11.7 Å². The highest BCUT2D eigenvalue weighted by molar-refractivity contribution is 6.19. The third kappa shape index (κ3) is 9.84. The van der Waals surface area contributed by atoms with Crippen LogP contribution in [0.3, 0.4) is 0 Å². The Morgan fingerprint density at radius 2 is 1.86 bits per heavy atom. The standard InChI is InChI=1S/C18H35BN6O3/c1-12(6-5-7-23-17(21)22)14(24-18(3,4)15(27)9-20)11-25(10-13(2)26)16(28)8-19/h12,14,24H,5-11,20H2,1-4H3,(H4,21,22,23)/t12-,14+/m0/s1. The molecule has 7 N–H and O–H groups in total. The maximum Gasteiger partial charge on any atom is 0.214 e. The van der Waals surface area contributed by atoms with Gasteiger partial charge in [0, 0.05) is 19.1 Å². The fourth-order valence-corrected chi connectivity index (χ4v) is 2.88. The number of ketones is 2. The summed E-state index contributed by atoms with van der Waals surface area (Å²) >= 11 is 0. The Morgan fingerprint density at radius 1 is 1.25 bits per heavy atom. The summed E-state index contributed by atoms with van der Waals surface area (Å²) in [6.45, 7) is 7.55. The van der Waals surface area contributed by atoms with E-state index in [-0.39, 0.29) is 61.3 Å². The summed E-state index contributed by atoms with van der Waals surface area (Å²) < 4.78 is 0. The number of nitrogens with two attached hydrogens (primary N) is 3. The molecule has 0 bridgehead atoms. The van der Waals surface area contributed by atoms with E-state index < -0.39 is 5.54 Å². The number of nitrogens with zero attached hydrogens (tertiary/aromatic N) is 2. The van der Waals surface area contributed by atoms with Gasteiger partial charge in [0.05, 0.1) is 26.5 Å². The van der Waals surface area contributed by atoms with Crippen molar-refractivity contribution in [1.82, 2.24) is 10.2 Å². The van der Waals surface area contributed by atoms with Crippen molar-refractivity contribution in [2.45, 2.75) is 58.4 Å². The van der Waals surface area contributed by atoms with Gasteiger partial charge in [0.2, 0.25) is 5.91 Å². The number of hydrogen-bond acceptors (Lipinski definition) is 6. The molecule has 0 spiro atoms. The maximum atomic E-state index is 12.2. The number of carbonyl (C=O) groups excluding carboxylic acids is 3. The van der Waals surface area contributed by atoms with Gasteiger partial charge in [-0.3, -0.25) is 19.4 Å². The predicted molar refractivity (Wildman–Crippen MR) is 112 cm³/mol. The van der Waals surface area contributed by atoms with E-state index >= 15 is 0 Å². The highest BCUT2D eigenvalue weighted by Gasteiger charge is 2.32. The van der Waals surface area contributed by atoms with E-state index in [1.807, 2.05) is 6.92 Å². The third-order valence-corrected chi connectivity index (χ3v) is 4.59. The number of hydrogen-bond donors (Lipinski definition) is 4. The Bertz CT molecular complexity index is 564. The first-order valence-electron chi connectivity index (χ1n) is 9.48. The number of rotatable bonds is 14. The summed E-state index contributed by atoms with van der Waals surface area (Å²) in [4.78, 5) is 41.3. The van der Waals surface area contributed by atoms with Gasteiger partial charge < -0.3 is 27.4 Å². The van der Waals surface area contributed by atoms with E-state index in [4.69, 9.17) is 25.0 Å². The van der Waals surface area contributed by atoms with Gasteiger partial charge in [0.25, 0.3) is 0 Å². The van der Waals surface area contributed by atoms with Gasteiger partial charge in [-0.25, -0.2) is 0 Å². The van der Waals surface area contributed by atoms with Crippen LogP contribution < -0.4 is 22.5 Å². The molecule has 2 atom stereocenters. The molecule has 28 heavy (non-hydrogen) atoms. The van der Waals surface area contributed by atoms with Gasteiger partial charge in [-0.2, -0.15) is 0 Å². The van der Waals surface area contributed by atoms with Crippen LogP contribution >= 0.6 is 0 Å². The highest BCUT2D eigenvalue weighted by Crippen LogP contribution is 2.17. The molecular weight excluding hydrogens is 359 g/mol. The molecule has 0 aliphatic carbocycles. The molecule has 0 saturated heterocycles. The summed E-state index contributed by atoms with van der Waals surface area (Å²) in [5.41, 5.74) is 15.3. The molecule has 2 radical (unpaired) electrons. The Hall–Kier alpha value is -1.94. The van der Waals surface area contributed by atoms with Crippen LogP contribution in [0.1, 0.15) is 40.5 Å². The minimum absolute atomic E-state index is 0.0276. The molecule has 0 saturated carbocycles. The number of nitrogens with one attached hydrogen (secondary N) is 1. The van der Waals surface area contributed by atoms with E-state index in [2.05, 4.69) is 10.3 Å².